The van der Waals surface area contributed by atoms with Crippen LogP contribution in [0.1, 0.15) is 18.4 Å². The molecule has 0 unspecified atom stereocenters. The minimum Gasteiger partial charge on any atom is -0.481 e. The number of nitrogen functional groups attached to an aromatic ring is 1. The molecule has 0 spiro atoms. The highest BCUT2D eigenvalue weighted by atomic mass is 32.2. The number of carboxylic acid groups (broad SMARTS) is 1. The van der Waals surface area contributed by atoms with E-state index in [2.05, 4.69) is 0 Å². The highest BCUT2D eigenvalue weighted by Crippen LogP contribution is 2.34. The molecule has 100 valence electrons. The Morgan fingerprint density at radius 2 is 2.06 bits per heavy atom. The Balaban J connectivity index is 2.60. The van der Waals surface area contributed by atoms with Crippen molar-refractivity contribution >= 4 is 23.4 Å². The monoisotopic (exact) mass is 279 g/mol. The van der Waals surface area contributed by atoms with E-state index in [1.165, 1.54) is 17.8 Å². The van der Waals surface area contributed by atoms with Crippen molar-refractivity contribution in [1.82, 2.24) is 0 Å². The SMILES string of the molecule is Nc1cc(C(F)(F)F)ccc1SCCCC(=O)O. The van der Waals surface area contributed by atoms with E-state index in [1.807, 2.05) is 0 Å². The summed E-state index contributed by atoms with van der Waals surface area (Å²) in [6, 6.07) is 3.17. The molecule has 3 nitrogen and oxygen atoms in total. The zero-order valence-electron chi connectivity index (χ0n) is 9.33. The fourth-order valence-electron chi connectivity index (χ4n) is 1.26. The number of benzene rings is 1. The molecular formula is C11H12F3NO2S. The van der Waals surface area contributed by atoms with E-state index in [0.717, 1.165) is 12.1 Å². The van der Waals surface area contributed by atoms with Gasteiger partial charge in [-0.1, -0.05) is 0 Å². The van der Waals surface area contributed by atoms with Crippen LogP contribution in [0.3, 0.4) is 0 Å². The third-order valence-electron chi connectivity index (χ3n) is 2.13. The number of hydrogen-bond donors (Lipinski definition) is 2. The van der Waals surface area contributed by atoms with Gasteiger partial charge >= 0.3 is 12.1 Å². The number of rotatable bonds is 5. The average molecular weight is 279 g/mol. The van der Waals surface area contributed by atoms with Gasteiger partial charge in [-0.05, 0) is 30.4 Å². The van der Waals surface area contributed by atoms with Crippen molar-refractivity contribution in [1.29, 1.82) is 0 Å². The predicted molar refractivity (Wildman–Crippen MR) is 63.5 cm³/mol. The molecule has 7 heteroatoms. The highest BCUT2D eigenvalue weighted by Gasteiger charge is 2.30. The summed E-state index contributed by atoms with van der Waals surface area (Å²) in [6.45, 7) is 0. The lowest BCUT2D eigenvalue weighted by Gasteiger charge is -2.10. The molecule has 1 aromatic rings. The standard InChI is InChI=1S/C11H12F3NO2S/c12-11(13,14)7-3-4-9(8(15)6-7)18-5-1-2-10(16)17/h3-4,6H,1-2,5,15H2,(H,16,17). The minimum atomic E-state index is -4.40. The number of alkyl halides is 3. The number of carboxylic acids is 1. The van der Waals surface area contributed by atoms with Crippen LogP contribution in [0.5, 0.6) is 0 Å². The minimum absolute atomic E-state index is 0.0353. The number of carbonyl (C=O) groups is 1. The molecule has 0 fully saturated rings. The number of hydrogen-bond acceptors (Lipinski definition) is 3. The van der Waals surface area contributed by atoms with E-state index < -0.39 is 17.7 Å². The zero-order chi connectivity index (χ0) is 13.8. The molecule has 0 saturated heterocycles. The summed E-state index contributed by atoms with van der Waals surface area (Å²) >= 11 is 1.25. The first-order valence-electron chi connectivity index (χ1n) is 5.12. The summed E-state index contributed by atoms with van der Waals surface area (Å²) in [5.41, 5.74) is 4.80. The summed E-state index contributed by atoms with van der Waals surface area (Å²) in [6.07, 6.45) is -3.92. The van der Waals surface area contributed by atoms with Crippen LogP contribution < -0.4 is 5.73 Å². The number of aliphatic carboxylic acids is 1. The molecule has 0 aliphatic heterocycles. The average Bonchev–Trinajstić information content (AvgIpc) is 2.24. The van der Waals surface area contributed by atoms with Crippen molar-refractivity contribution < 1.29 is 23.1 Å². The van der Waals surface area contributed by atoms with Crippen molar-refractivity contribution in [2.45, 2.75) is 23.9 Å². The lowest BCUT2D eigenvalue weighted by Crippen LogP contribution is -2.05. The van der Waals surface area contributed by atoms with Crippen molar-refractivity contribution in [2.24, 2.45) is 0 Å². The van der Waals surface area contributed by atoms with Crippen LogP contribution >= 0.6 is 11.8 Å². The van der Waals surface area contributed by atoms with Crippen molar-refractivity contribution in [2.75, 3.05) is 11.5 Å². The van der Waals surface area contributed by atoms with Gasteiger partial charge in [0.25, 0.3) is 0 Å². The van der Waals surface area contributed by atoms with Crippen LogP contribution in [-0.4, -0.2) is 16.8 Å². The van der Waals surface area contributed by atoms with Gasteiger partial charge in [-0.2, -0.15) is 13.2 Å². The van der Waals surface area contributed by atoms with Crippen LogP contribution in [0.25, 0.3) is 0 Å². The summed E-state index contributed by atoms with van der Waals surface area (Å²) in [5, 5.41) is 8.43. The molecular weight excluding hydrogens is 267 g/mol. The van der Waals surface area contributed by atoms with Gasteiger partial charge in [-0.15, -0.1) is 11.8 Å². The molecule has 0 aliphatic carbocycles. The lowest BCUT2D eigenvalue weighted by atomic mass is 10.2. The summed E-state index contributed by atoms with van der Waals surface area (Å²) < 4.78 is 37.1. The molecule has 3 N–H and O–H groups in total. The van der Waals surface area contributed by atoms with Crippen molar-refractivity contribution in [3.63, 3.8) is 0 Å². The largest absolute Gasteiger partial charge is 0.481 e. The Kier molecular flexibility index (Phi) is 4.89. The van der Waals surface area contributed by atoms with E-state index in [1.54, 1.807) is 0 Å². The molecule has 0 aliphatic rings. The smallest absolute Gasteiger partial charge is 0.416 e. The van der Waals surface area contributed by atoms with Gasteiger partial charge in [0.15, 0.2) is 0 Å². The molecule has 18 heavy (non-hydrogen) atoms. The first-order valence-corrected chi connectivity index (χ1v) is 6.10. The molecule has 1 aromatic carbocycles. The van der Waals surface area contributed by atoms with Crippen molar-refractivity contribution in [3.05, 3.63) is 23.8 Å². The Labute approximate surface area is 106 Å². The summed E-state index contributed by atoms with van der Waals surface area (Å²) in [7, 11) is 0. The third kappa shape index (κ3) is 4.48. The Morgan fingerprint density at radius 1 is 1.39 bits per heavy atom. The number of anilines is 1. The van der Waals surface area contributed by atoms with Gasteiger partial charge in [-0.25, -0.2) is 0 Å². The summed E-state index contributed by atoms with van der Waals surface area (Å²) in [5.74, 6) is -0.391. The molecule has 0 aromatic heterocycles. The number of halogens is 3. The Bertz CT molecular complexity index is 435. The molecule has 0 saturated carbocycles. The van der Waals surface area contributed by atoms with Gasteiger partial charge in [0, 0.05) is 17.0 Å². The lowest BCUT2D eigenvalue weighted by molar-refractivity contribution is -0.138. The summed E-state index contributed by atoms with van der Waals surface area (Å²) in [4.78, 5) is 10.8. The topological polar surface area (TPSA) is 63.3 Å². The molecule has 0 atom stereocenters. The molecule has 0 heterocycles. The first kappa shape index (κ1) is 14.7. The van der Waals surface area contributed by atoms with Crippen LogP contribution in [-0.2, 0) is 11.0 Å². The van der Waals surface area contributed by atoms with E-state index in [-0.39, 0.29) is 12.1 Å². The fraction of sp³-hybridized carbons (Fsp3) is 0.364. The zero-order valence-corrected chi connectivity index (χ0v) is 10.1. The number of nitrogens with two attached hydrogens (primary N) is 1. The first-order chi connectivity index (χ1) is 8.30. The van der Waals surface area contributed by atoms with Gasteiger partial charge in [-0.3, -0.25) is 4.79 Å². The Morgan fingerprint density at radius 3 is 2.56 bits per heavy atom. The predicted octanol–water partition coefficient (Wildman–Crippen LogP) is 3.24. The number of thioether (sulfide) groups is 1. The van der Waals surface area contributed by atoms with Gasteiger partial charge in [0.05, 0.1) is 5.56 Å². The molecule has 0 radical (unpaired) electrons. The van der Waals surface area contributed by atoms with Crippen LogP contribution in [0.15, 0.2) is 23.1 Å². The van der Waals surface area contributed by atoms with Gasteiger partial charge in [0.1, 0.15) is 0 Å². The van der Waals surface area contributed by atoms with Gasteiger partial charge in [0.2, 0.25) is 0 Å². The van der Waals surface area contributed by atoms with Crippen LogP contribution in [0, 0.1) is 0 Å². The fourth-order valence-corrected chi connectivity index (χ4v) is 2.16. The third-order valence-corrected chi connectivity index (χ3v) is 3.31. The normalized spacial score (nSPS) is 11.5. The molecule has 1 rings (SSSR count). The maximum Gasteiger partial charge on any atom is 0.416 e. The van der Waals surface area contributed by atoms with Gasteiger partial charge < -0.3 is 10.8 Å². The molecule has 0 bridgehead atoms. The Hall–Kier alpha value is -1.37. The second-order valence-electron chi connectivity index (χ2n) is 3.60. The van der Waals surface area contributed by atoms with E-state index in [4.69, 9.17) is 10.8 Å². The van der Waals surface area contributed by atoms with E-state index in [9.17, 15) is 18.0 Å². The highest BCUT2D eigenvalue weighted by molar-refractivity contribution is 7.99. The van der Waals surface area contributed by atoms with E-state index in [0.29, 0.717) is 17.1 Å². The van der Waals surface area contributed by atoms with Crippen molar-refractivity contribution in [3.8, 4) is 0 Å². The maximum atomic E-state index is 12.4. The van der Waals surface area contributed by atoms with Crippen LogP contribution in [0.4, 0.5) is 18.9 Å². The maximum absolute atomic E-state index is 12.4. The second kappa shape index (κ2) is 5.99. The quantitative estimate of drug-likeness (QED) is 0.493. The van der Waals surface area contributed by atoms with E-state index >= 15 is 0 Å². The van der Waals surface area contributed by atoms with Crippen LogP contribution in [0.2, 0.25) is 0 Å². The molecule has 0 amide bonds. The second-order valence-corrected chi connectivity index (χ2v) is 4.73.